The number of benzene rings is 2. The normalized spacial score (nSPS) is 10.8. The summed E-state index contributed by atoms with van der Waals surface area (Å²) in [5.41, 5.74) is 2.92. The quantitative estimate of drug-likeness (QED) is 0.281. The topological polar surface area (TPSA) is 103 Å². The smallest absolute Gasteiger partial charge is 0.257 e. The number of hydrogen-bond donors (Lipinski definition) is 1. The van der Waals surface area contributed by atoms with Crippen LogP contribution in [0.5, 0.6) is 5.75 Å². The van der Waals surface area contributed by atoms with Crippen LogP contribution in [0.3, 0.4) is 0 Å². The first-order chi connectivity index (χ1) is 15.1. The van der Waals surface area contributed by atoms with Crippen LogP contribution < -0.4 is 10.1 Å². The van der Waals surface area contributed by atoms with E-state index in [1.807, 2.05) is 24.3 Å². The predicted octanol–water partition coefficient (Wildman–Crippen LogP) is 5.01. The average molecular weight is 474 g/mol. The standard InChI is InChI=1S/C20H16ClN5O3S2/c1-12-17(26-29-25-12)10-28-16-8-4-14(5-9-16)18(27)22-19-23-24-20(31-19)30-11-13-2-6-15(21)7-3-13/h2-9H,10-11H2,1H3,(H,22,23,27). The molecule has 0 radical (unpaired) electrons. The van der Waals surface area contributed by atoms with Gasteiger partial charge >= 0.3 is 0 Å². The van der Waals surface area contributed by atoms with E-state index in [2.05, 4.69) is 30.5 Å². The van der Waals surface area contributed by atoms with Gasteiger partial charge in [-0.25, -0.2) is 4.63 Å². The van der Waals surface area contributed by atoms with Gasteiger partial charge in [0.15, 0.2) is 4.34 Å². The van der Waals surface area contributed by atoms with Gasteiger partial charge in [0.25, 0.3) is 5.91 Å². The molecule has 2 heterocycles. The summed E-state index contributed by atoms with van der Waals surface area (Å²) in [5, 5.41) is 19.5. The van der Waals surface area contributed by atoms with Crippen LogP contribution in [0.2, 0.25) is 5.02 Å². The van der Waals surface area contributed by atoms with E-state index in [0.717, 1.165) is 15.7 Å². The Labute approximate surface area is 190 Å². The Morgan fingerprint density at radius 1 is 1.13 bits per heavy atom. The molecule has 0 fully saturated rings. The maximum absolute atomic E-state index is 12.5. The first-order valence-electron chi connectivity index (χ1n) is 9.10. The van der Waals surface area contributed by atoms with Gasteiger partial charge in [-0.2, -0.15) is 0 Å². The summed E-state index contributed by atoms with van der Waals surface area (Å²) in [7, 11) is 0. The first-order valence-corrected chi connectivity index (χ1v) is 11.3. The zero-order chi connectivity index (χ0) is 21.6. The molecule has 158 valence electrons. The van der Waals surface area contributed by atoms with Gasteiger partial charge in [-0.05, 0) is 48.9 Å². The van der Waals surface area contributed by atoms with Gasteiger partial charge in [0.05, 0.1) is 0 Å². The maximum atomic E-state index is 12.5. The molecule has 2 aromatic heterocycles. The average Bonchev–Trinajstić information content (AvgIpc) is 3.40. The lowest BCUT2D eigenvalue weighted by Crippen LogP contribution is -2.11. The number of nitrogens with zero attached hydrogens (tertiary/aromatic N) is 4. The van der Waals surface area contributed by atoms with Crippen LogP contribution in [-0.2, 0) is 12.4 Å². The third kappa shape index (κ3) is 5.81. The summed E-state index contributed by atoms with van der Waals surface area (Å²) in [6, 6.07) is 14.4. The highest BCUT2D eigenvalue weighted by Gasteiger charge is 2.12. The lowest BCUT2D eigenvalue weighted by Gasteiger charge is -2.05. The van der Waals surface area contributed by atoms with Crippen molar-refractivity contribution in [3.05, 3.63) is 76.1 Å². The molecular formula is C20H16ClN5O3S2. The number of hydrogen-bond acceptors (Lipinski definition) is 9. The Morgan fingerprint density at radius 3 is 2.61 bits per heavy atom. The van der Waals surface area contributed by atoms with Gasteiger partial charge < -0.3 is 4.74 Å². The second kappa shape index (κ2) is 9.90. The summed E-state index contributed by atoms with van der Waals surface area (Å²) in [4.78, 5) is 12.5. The fourth-order valence-electron chi connectivity index (χ4n) is 2.45. The molecule has 0 spiro atoms. The number of thioether (sulfide) groups is 1. The number of carbonyl (C=O) groups is 1. The molecular weight excluding hydrogens is 458 g/mol. The lowest BCUT2D eigenvalue weighted by molar-refractivity contribution is 0.102. The van der Waals surface area contributed by atoms with E-state index in [9.17, 15) is 4.79 Å². The largest absolute Gasteiger partial charge is 0.487 e. The van der Waals surface area contributed by atoms with E-state index < -0.39 is 0 Å². The molecule has 0 aliphatic rings. The molecule has 0 saturated carbocycles. The summed E-state index contributed by atoms with van der Waals surface area (Å²) in [6.07, 6.45) is 0. The molecule has 31 heavy (non-hydrogen) atoms. The molecule has 0 bridgehead atoms. The van der Waals surface area contributed by atoms with Crippen LogP contribution in [-0.4, -0.2) is 26.4 Å². The second-order valence-corrected chi connectivity index (χ2v) is 8.99. The van der Waals surface area contributed by atoms with Gasteiger partial charge in [-0.3, -0.25) is 10.1 Å². The summed E-state index contributed by atoms with van der Waals surface area (Å²) >= 11 is 8.77. The Kier molecular flexibility index (Phi) is 6.80. The number of aryl methyl sites for hydroxylation is 1. The van der Waals surface area contributed by atoms with E-state index in [1.165, 1.54) is 11.3 Å². The van der Waals surface area contributed by atoms with Crippen molar-refractivity contribution in [2.24, 2.45) is 0 Å². The molecule has 1 amide bonds. The Balaban J connectivity index is 1.29. The van der Waals surface area contributed by atoms with E-state index in [4.69, 9.17) is 16.3 Å². The zero-order valence-corrected chi connectivity index (χ0v) is 18.6. The maximum Gasteiger partial charge on any atom is 0.257 e. The summed E-state index contributed by atoms with van der Waals surface area (Å²) < 4.78 is 11.0. The van der Waals surface area contributed by atoms with Gasteiger partial charge in [0.1, 0.15) is 23.7 Å². The predicted molar refractivity (Wildman–Crippen MR) is 119 cm³/mol. The van der Waals surface area contributed by atoms with Gasteiger partial charge in [-0.15, -0.1) is 10.2 Å². The fourth-order valence-corrected chi connectivity index (χ4v) is 4.28. The van der Waals surface area contributed by atoms with Crippen molar-refractivity contribution in [2.45, 2.75) is 23.6 Å². The minimum atomic E-state index is -0.270. The molecule has 4 rings (SSSR count). The molecule has 0 saturated heterocycles. The minimum Gasteiger partial charge on any atom is -0.487 e. The van der Waals surface area contributed by atoms with Gasteiger partial charge in [0.2, 0.25) is 5.13 Å². The van der Waals surface area contributed by atoms with E-state index in [-0.39, 0.29) is 12.5 Å². The van der Waals surface area contributed by atoms with Crippen molar-refractivity contribution < 1.29 is 14.2 Å². The van der Waals surface area contributed by atoms with Crippen molar-refractivity contribution in [1.82, 2.24) is 20.5 Å². The second-order valence-electron chi connectivity index (χ2n) is 6.35. The Morgan fingerprint density at radius 2 is 1.90 bits per heavy atom. The molecule has 4 aromatic rings. The van der Waals surface area contributed by atoms with Crippen LogP contribution in [0.25, 0.3) is 0 Å². The van der Waals surface area contributed by atoms with E-state index in [0.29, 0.717) is 32.9 Å². The molecule has 8 nitrogen and oxygen atoms in total. The van der Waals surface area contributed by atoms with Crippen LogP contribution in [0.1, 0.15) is 27.3 Å². The SMILES string of the molecule is Cc1nonc1COc1ccc(C(=O)Nc2nnc(SCc3ccc(Cl)cc3)s2)cc1. The fraction of sp³-hybridized carbons (Fsp3) is 0.150. The molecule has 2 aromatic carbocycles. The number of carbonyl (C=O) groups excluding carboxylic acids is 1. The number of aromatic nitrogens is 4. The third-order valence-corrected chi connectivity index (χ3v) is 6.44. The lowest BCUT2D eigenvalue weighted by atomic mass is 10.2. The zero-order valence-electron chi connectivity index (χ0n) is 16.2. The highest BCUT2D eigenvalue weighted by Crippen LogP contribution is 2.29. The van der Waals surface area contributed by atoms with Crippen LogP contribution in [0.15, 0.2) is 57.5 Å². The Bertz CT molecular complexity index is 1160. The third-order valence-electron chi connectivity index (χ3n) is 4.14. The van der Waals surface area contributed by atoms with Crippen molar-refractivity contribution in [3.8, 4) is 5.75 Å². The van der Waals surface area contributed by atoms with Gasteiger partial charge in [0, 0.05) is 16.3 Å². The number of anilines is 1. The molecule has 0 atom stereocenters. The Hall–Kier alpha value is -2.95. The van der Waals surface area contributed by atoms with E-state index in [1.54, 1.807) is 43.0 Å². The van der Waals surface area contributed by atoms with Crippen molar-refractivity contribution in [1.29, 1.82) is 0 Å². The summed E-state index contributed by atoms with van der Waals surface area (Å²) in [6.45, 7) is 2.03. The monoisotopic (exact) mass is 473 g/mol. The summed E-state index contributed by atoms with van der Waals surface area (Å²) in [5.74, 6) is 1.08. The molecule has 0 aliphatic heterocycles. The number of nitrogens with one attached hydrogen (secondary N) is 1. The number of rotatable bonds is 8. The highest BCUT2D eigenvalue weighted by molar-refractivity contribution is 8.00. The number of amides is 1. The first kappa shape index (κ1) is 21.3. The molecule has 0 aliphatic carbocycles. The number of ether oxygens (including phenoxy) is 1. The van der Waals surface area contributed by atoms with Gasteiger partial charge in [-0.1, -0.05) is 57.1 Å². The van der Waals surface area contributed by atoms with Crippen molar-refractivity contribution in [2.75, 3.05) is 5.32 Å². The van der Waals surface area contributed by atoms with Crippen molar-refractivity contribution in [3.63, 3.8) is 0 Å². The molecule has 0 unspecified atom stereocenters. The van der Waals surface area contributed by atoms with E-state index >= 15 is 0 Å². The van der Waals surface area contributed by atoms with Crippen LogP contribution in [0.4, 0.5) is 5.13 Å². The van der Waals surface area contributed by atoms with Crippen LogP contribution >= 0.6 is 34.7 Å². The molecule has 1 N–H and O–H groups in total. The highest BCUT2D eigenvalue weighted by atomic mass is 35.5. The molecule has 11 heteroatoms. The van der Waals surface area contributed by atoms with Crippen LogP contribution in [0, 0.1) is 6.92 Å². The minimum absolute atomic E-state index is 0.238. The number of halogens is 1. The van der Waals surface area contributed by atoms with Crippen molar-refractivity contribution >= 4 is 45.7 Å².